The summed E-state index contributed by atoms with van der Waals surface area (Å²) in [5.41, 5.74) is 0.558. The van der Waals surface area contributed by atoms with E-state index in [0.717, 1.165) is 0 Å². The summed E-state index contributed by atoms with van der Waals surface area (Å²) in [5.74, 6) is -0.732. The van der Waals surface area contributed by atoms with Gasteiger partial charge < -0.3 is 5.32 Å². The highest BCUT2D eigenvalue weighted by atomic mass is 35.5. The number of rotatable bonds is 1. The van der Waals surface area contributed by atoms with Gasteiger partial charge in [-0.1, -0.05) is 17.7 Å². The number of carbonyl (C=O) groups is 2. The van der Waals surface area contributed by atoms with Crippen LogP contribution in [0.15, 0.2) is 24.3 Å². The van der Waals surface area contributed by atoms with Gasteiger partial charge in [-0.15, -0.1) is 0 Å². The first-order valence-corrected chi connectivity index (χ1v) is 5.29. The Hall–Kier alpha value is -1.46. The Balaban J connectivity index is 2.36. The number of nitrogens with one attached hydrogen (secondary N) is 1. The molecule has 1 N–H and O–H groups in total. The Morgan fingerprint density at radius 2 is 2.12 bits per heavy atom. The number of anilines is 1. The lowest BCUT2D eigenvalue weighted by molar-refractivity contribution is -0.127. The molecule has 0 unspecified atom stereocenters. The van der Waals surface area contributed by atoms with Crippen LogP contribution >= 0.6 is 23.8 Å². The van der Waals surface area contributed by atoms with Gasteiger partial charge in [-0.25, -0.2) is 0 Å². The highest BCUT2D eigenvalue weighted by Gasteiger charge is 2.29. The summed E-state index contributed by atoms with van der Waals surface area (Å²) in [4.78, 5) is 24.0. The van der Waals surface area contributed by atoms with E-state index < -0.39 is 0 Å². The lowest BCUT2D eigenvalue weighted by Gasteiger charge is -2.27. The molecule has 1 saturated heterocycles. The second-order valence-electron chi connectivity index (χ2n) is 3.24. The van der Waals surface area contributed by atoms with Gasteiger partial charge in [0.2, 0.25) is 11.8 Å². The van der Waals surface area contributed by atoms with E-state index in [4.69, 9.17) is 23.8 Å². The van der Waals surface area contributed by atoms with Crippen molar-refractivity contribution in [3.63, 3.8) is 0 Å². The molecule has 1 aromatic rings. The number of nitrogens with zero attached hydrogens (tertiary/aromatic N) is 1. The van der Waals surface area contributed by atoms with Crippen LogP contribution in [-0.2, 0) is 9.59 Å². The first kappa shape index (κ1) is 11.0. The van der Waals surface area contributed by atoms with Crippen LogP contribution in [0.3, 0.4) is 0 Å². The molecule has 1 fully saturated rings. The molecular weight excluding hydrogens is 248 g/mol. The predicted molar refractivity (Wildman–Crippen MR) is 64.3 cm³/mol. The van der Waals surface area contributed by atoms with Gasteiger partial charge >= 0.3 is 0 Å². The lowest BCUT2D eigenvalue weighted by Crippen LogP contribution is -2.52. The number of halogens is 1. The second-order valence-corrected chi connectivity index (χ2v) is 4.06. The molecule has 6 heteroatoms. The zero-order valence-electron chi connectivity index (χ0n) is 8.07. The SMILES string of the molecule is O=C1CC(=O)N(c2cccc(Cl)c2)C(=S)N1. The van der Waals surface area contributed by atoms with Crippen molar-refractivity contribution in [2.45, 2.75) is 6.42 Å². The molecule has 16 heavy (non-hydrogen) atoms. The van der Waals surface area contributed by atoms with E-state index in [0.29, 0.717) is 10.7 Å². The molecule has 82 valence electrons. The highest BCUT2D eigenvalue weighted by molar-refractivity contribution is 7.80. The third-order valence-corrected chi connectivity index (χ3v) is 2.60. The fraction of sp³-hybridized carbons (Fsp3) is 0.100. The second kappa shape index (κ2) is 4.19. The molecular formula is C10H7ClN2O2S. The van der Waals surface area contributed by atoms with E-state index in [-0.39, 0.29) is 23.3 Å². The molecule has 1 aliphatic heterocycles. The van der Waals surface area contributed by atoms with Crippen LogP contribution in [0.4, 0.5) is 5.69 Å². The van der Waals surface area contributed by atoms with Gasteiger partial charge in [-0.2, -0.15) is 0 Å². The zero-order valence-corrected chi connectivity index (χ0v) is 9.64. The van der Waals surface area contributed by atoms with Crippen LogP contribution in [0.25, 0.3) is 0 Å². The van der Waals surface area contributed by atoms with Gasteiger partial charge in [0.05, 0.1) is 5.69 Å². The Morgan fingerprint density at radius 1 is 1.38 bits per heavy atom. The molecule has 4 nitrogen and oxygen atoms in total. The van der Waals surface area contributed by atoms with Crippen LogP contribution < -0.4 is 10.2 Å². The molecule has 0 saturated carbocycles. The lowest BCUT2D eigenvalue weighted by atomic mass is 10.2. The number of carbonyl (C=O) groups excluding carboxylic acids is 2. The molecule has 1 heterocycles. The minimum atomic E-state index is -0.381. The van der Waals surface area contributed by atoms with Crippen LogP contribution in [0.5, 0.6) is 0 Å². The quantitative estimate of drug-likeness (QED) is 0.610. The topological polar surface area (TPSA) is 49.4 Å². The van der Waals surface area contributed by atoms with Gasteiger partial charge in [0, 0.05) is 5.02 Å². The van der Waals surface area contributed by atoms with Crippen molar-refractivity contribution >= 4 is 46.4 Å². The number of thiocarbonyl (C=S) groups is 1. The highest BCUT2D eigenvalue weighted by Crippen LogP contribution is 2.21. The van der Waals surface area contributed by atoms with Gasteiger partial charge in [0.15, 0.2) is 5.11 Å². The van der Waals surface area contributed by atoms with Crippen molar-refractivity contribution < 1.29 is 9.59 Å². The average Bonchev–Trinajstić information content (AvgIpc) is 2.15. The van der Waals surface area contributed by atoms with E-state index in [9.17, 15) is 9.59 Å². The van der Waals surface area contributed by atoms with Crippen LogP contribution in [0, 0.1) is 0 Å². The fourth-order valence-electron chi connectivity index (χ4n) is 1.43. The van der Waals surface area contributed by atoms with Gasteiger partial charge in [-0.3, -0.25) is 14.5 Å². The first-order chi connectivity index (χ1) is 7.58. The summed E-state index contributed by atoms with van der Waals surface area (Å²) in [5, 5.41) is 3.02. The normalized spacial score (nSPS) is 16.3. The third-order valence-electron chi connectivity index (χ3n) is 2.08. The zero-order chi connectivity index (χ0) is 11.7. The number of hydrogen-bond donors (Lipinski definition) is 1. The van der Waals surface area contributed by atoms with Crippen molar-refractivity contribution in [1.82, 2.24) is 5.32 Å². The minimum Gasteiger partial charge on any atom is -0.302 e. The predicted octanol–water partition coefficient (Wildman–Crippen LogP) is 1.48. The Bertz CT molecular complexity index is 469. The van der Waals surface area contributed by atoms with Gasteiger partial charge in [0.1, 0.15) is 6.42 Å². The summed E-state index contributed by atoms with van der Waals surface area (Å²) >= 11 is 10.8. The molecule has 0 aromatic heterocycles. The minimum absolute atomic E-state index is 0.0866. The molecule has 0 atom stereocenters. The Morgan fingerprint density at radius 3 is 2.75 bits per heavy atom. The molecule has 0 aliphatic carbocycles. The molecule has 0 radical (unpaired) electrons. The third kappa shape index (κ3) is 2.05. The van der Waals surface area contributed by atoms with Crippen molar-refractivity contribution in [2.24, 2.45) is 0 Å². The molecule has 0 bridgehead atoms. The maximum Gasteiger partial charge on any atom is 0.242 e. The Labute approximate surface area is 102 Å². The fourth-order valence-corrected chi connectivity index (χ4v) is 1.93. The smallest absolute Gasteiger partial charge is 0.242 e. The maximum absolute atomic E-state index is 11.7. The van der Waals surface area contributed by atoms with Crippen molar-refractivity contribution in [3.05, 3.63) is 29.3 Å². The molecule has 2 amide bonds. The van der Waals surface area contributed by atoms with E-state index in [1.54, 1.807) is 24.3 Å². The number of amides is 2. The number of hydrogen-bond acceptors (Lipinski definition) is 3. The monoisotopic (exact) mass is 254 g/mol. The summed E-state index contributed by atoms with van der Waals surface area (Å²) in [6, 6.07) is 6.72. The molecule has 0 spiro atoms. The summed E-state index contributed by atoms with van der Waals surface area (Å²) < 4.78 is 0. The summed E-state index contributed by atoms with van der Waals surface area (Å²) in [6.07, 6.45) is -0.202. The summed E-state index contributed by atoms with van der Waals surface area (Å²) in [7, 11) is 0. The van der Waals surface area contributed by atoms with Crippen LogP contribution in [0.2, 0.25) is 5.02 Å². The van der Waals surface area contributed by atoms with E-state index >= 15 is 0 Å². The first-order valence-electron chi connectivity index (χ1n) is 4.50. The Kier molecular flexibility index (Phi) is 2.89. The van der Waals surface area contributed by atoms with E-state index in [2.05, 4.69) is 5.32 Å². The average molecular weight is 255 g/mol. The summed E-state index contributed by atoms with van der Waals surface area (Å²) in [6.45, 7) is 0. The van der Waals surface area contributed by atoms with Gasteiger partial charge in [0.25, 0.3) is 0 Å². The maximum atomic E-state index is 11.7. The molecule has 1 aliphatic rings. The number of benzene rings is 1. The van der Waals surface area contributed by atoms with Crippen molar-refractivity contribution in [1.29, 1.82) is 0 Å². The van der Waals surface area contributed by atoms with E-state index in [1.165, 1.54) is 4.90 Å². The van der Waals surface area contributed by atoms with E-state index in [1.807, 2.05) is 0 Å². The van der Waals surface area contributed by atoms with Crippen molar-refractivity contribution in [2.75, 3.05) is 4.90 Å². The van der Waals surface area contributed by atoms with Crippen LogP contribution in [0.1, 0.15) is 6.42 Å². The largest absolute Gasteiger partial charge is 0.302 e. The molecule has 1 aromatic carbocycles. The molecule has 2 rings (SSSR count). The van der Waals surface area contributed by atoms with Crippen LogP contribution in [-0.4, -0.2) is 16.9 Å². The van der Waals surface area contributed by atoms with Gasteiger partial charge in [-0.05, 0) is 30.4 Å². The van der Waals surface area contributed by atoms with Crippen molar-refractivity contribution in [3.8, 4) is 0 Å². The standard InChI is InChI=1S/C10H7ClN2O2S/c11-6-2-1-3-7(4-6)13-9(15)5-8(14)12-10(13)16/h1-4H,5H2,(H,12,14,16).